The number of esters is 1. The summed E-state index contributed by atoms with van der Waals surface area (Å²) in [5.41, 5.74) is 1.03. The lowest BCUT2D eigenvalue weighted by Crippen LogP contribution is -2.56. The highest BCUT2D eigenvalue weighted by Crippen LogP contribution is 2.56. The van der Waals surface area contributed by atoms with Crippen molar-refractivity contribution in [1.82, 2.24) is 10.3 Å². The van der Waals surface area contributed by atoms with Crippen LogP contribution in [0.1, 0.15) is 39.8 Å². The first-order chi connectivity index (χ1) is 16.6. The second-order valence-corrected chi connectivity index (χ2v) is 10.1. The zero-order valence-electron chi connectivity index (χ0n) is 20.6. The molecule has 7 atom stereocenters. The molecule has 1 aromatic heterocycles. The Bertz CT molecular complexity index is 1120. The Morgan fingerprint density at radius 1 is 1.29 bits per heavy atom. The monoisotopic (exact) mass is 480 g/mol. The maximum Gasteiger partial charge on any atom is 0.322 e. The van der Waals surface area contributed by atoms with E-state index >= 15 is 0 Å². The highest BCUT2D eigenvalue weighted by atomic mass is 19.1. The van der Waals surface area contributed by atoms with Gasteiger partial charge in [-0.1, -0.05) is 38.1 Å². The van der Waals surface area contributed by atoms with Crippen LogP contribution >= 0.6 is 0 Å². The fourth-order valence-electron chi connectivity index (χ4n) is 5.73. The van der Waals surface area contributed by atoms with E-state index in [2.05, 4.69) is 24.1 Å². The van der Waals surface area contributed by atoms with Crippen LogP contribution < -0.4 is 5.32 Å². The maximum absolute atomic E-state index is 13.6. The number of benzene rings is 1. The first-order valence-electron chi connectivity index (χ1n) is 12.2. The van der Waals surface area contributed by atoms with E-state index in [9.17, 15) is 19.1 Å². The summed E-state index contributed by atoms with van der Waals surface area (Å²) in [5.74, 6) is -1.22. The van der Waals surface area contributed by atoms with Gasteiger partial charge in [0, 0.05) is 24.2 Å². The fourth-order valence-corrected chi connectivity index (χ4v) is 5.73. The second kappa shape index (κ2) is 9.90. The summed E-state index contributed by atoms with van der Waals surface area (Å²) in [6, 6.07) is 10.1. The van der Waals surface area contributed by atoms with Gasteiger partial charge in [0.1, 0.15) is 11.9 Å². The predicted molar refractivity (Wildman–Crippen MR) is 131 cm³/mol. The van der Waals surface area contributed by atoms with Crippen LogP contribution in [0.4, 0.5) is 4.39 Å². The Balaban J connectivity index is 1.61. The number of nitrogens with zero attached hydrogens (tertiary/aromatic N) is 1. The molecule has 7 heteroatoms. The Hall–Kier alpha value is -3.06. The molecule has 4 unspecified atom stereocenters. The van der Waals surface area contributed by atoms with Crippen molar-refractivity contribution in [2.24, 2.45) is 29.1 Å². The van der Waals surface area contributed by atoms with Crippen molar-refractivity contribution in [3.63, 3.8) is 0 Å². The van der Waals surface area contributed by atoms with Gasteiger partial charge in [-0.3, -0.25) is 14.6 Å². The molecule has 2 aromatic rings. The molecule has 2 N–H and O–H groups in total. The molecule has 2 aliphatic rings. The highest BCUT2D eigenvalue weighted by molar-refractivity contribution is 6.04. The minimum absolute atomic E-state index is 0.0813. The van der Waals surface area contributed by atoms with Crippen LogP contribution in [0, 0.1) is 34.9 Å². The molecule has 186 valence electrons. The van der Waals surface area contributed by atoms with Crippen molar-refractivity contribution < 1.29 is 23.8 Å². The largest absolute Gasteiger partial charge is 0.461 e. The molecular weight excluding hydrogens is 447 g/mol. The molecule has 1 aliphatic carbocycles. The van der Waals surface area contributed by atoms with Crippen LogP contribution in [0.15, 0.2) is 48.7 Å². The number of halogens is 1. The van der Waals surface area contributed by atoms with Gasteiger partial charge in [0.2, 0.25) is 5.91 Å². The number of aliphatic hydroxyl groups is 1. The van der Waals surface area contributed by atoms with Gasteiger partial charge >= 0.3 is 5.97 Å². The third-order valence-corrected chi connectivity index (χ3v) is 7.69. The number of allylic oxidation sites excluding steroid dienone is 1. The number of cyclic esters (lactones) is 1. The summed E-state index contributed by atoms with van der Waals surface area (Å²) in [6.07, 6.45) is 4.97. The van der Waals surface area contributed by atoms with Crippen molar-refractivity contribution >= 4 is 18.0 Å². The molecular formula is C28H33FN2O4. The van der Waals surface area contributed by atoms with Gasteiger partial charge in [-0.25, -0.2) is 4.39 Å². The predicted octanol–water partition coefficient (Wildman–Crippen LogP) is 4.24. The first-order valence-corrected chi connectivity index (χ1v) is 12.2. The number of carbonyl (C=O) groups is 2. The Labute approximate surface area is 205 Å². The Morgan fingerprint density at radius 2 is 2.06 bits per heavy atom. The Morgan fingerprint density at radius 3 is 2.71 bits per heavy atom. The van der Waals surface area contributed by atoms with Gasteiger partial charge in [-0.05, 0) is 67.9 Å². The van der Waals surface area contributed by atoms with E-state index in [1.165, 1.54) is 12.1 Å². The number of aromatic nitrogens is 1. The standard InChI is InChI=1S/C28H33FN2O4/c1-16-13-28(26(33)31-14-17(2)32)25(19(4)35-27(28)34)24(18(16)3)11-10-23-9-8-21(15-30-23)20-6-5-7-22(29)12-20/h5-12,15-19,24-25,32H,13-14H2,1-4H3,(H,31,33)/b11-10+/t16?,17-,18?,19-,24?,25?,28-/m1/s1. The van der Waals surface area contributed by atoms with Gasteiger partial charge < -0.3 is 15.2 Å². The number of hydrogen-bond acceptors (Lipinski definition) is 5. The maximum atomic E-state index is 13.6. The lowest BCUT2D eigenvalue weighted by atomic mass is 9.54. The van der Waals surface area contributed by atoms with Crippen LogP contribution in [0.5, 0.6) is 0 Å². The number of amides is 1. The molecule has 1 saturated carbocycles. The minimum atomic E-state index is -1.27. The normalized spacial score (nSPS) is 31.1. The van der Waals surface area contributed by atoms with Crippen LogP contribution in [0.3, 0.4) is 0 Å². The summed E-state index contributed by atoms with van der Waals surface area (Å²) in [7, 11) is 0. The SMILES string of the molecule is CC1C[C@@]2(C(=O)NC[C@@H](C)O)C(=O)O[C@H](C)C2C(/C=C/c2ccc(-c3cccc(F)c3)cn2)C1C. The quantitative estimate of drug-likeness (QED) is 0.477. The molecule has 0 bridgehead atoms. The highest BCUT2D eigenvalue weighted by Gasteiger charge is 2.66. The van der Waals surface area contributed by atoms with Crippen molar-refractivity contribution in [2.45, 2.75) is 46.3 Å². The fraction of sp³-hybridized carbons (Fsp3) is 0.464. The molecule has 4 rings (SSSR count). The molecule has 2 fully saturated rings. The van der Waals surface area contributed by atoms with E-state index in [0.717, 1.165) is 16.8 Å². The summed E-state index contributed by atoms with van der Waals surface area (Å²) < 4.78 is 19.2. The third-order valence-electron chi connectivity index (χ3n) is 7.69. The van der Waals surface area contributed by atoms with E-state index in [-0.39, 0.29) is 41.9 Å². The summed E-state index contributed by atoms with van der Waals surface area (Å²) in [6.45, 7) is 7.73. The van der Waals surface area contributed by atoms with Gasteiger partial charge in [-0.15, -0.1) is 0 Å². The molecule has 1 aromatic carbocycles. The van der Waals surface area contributed by atoms with Crippen molar-refractivity contribution in [3.05, 3.63) is 60.2 Å². The van der Waals surface area contributed by atoms with E-state index in [0.29, 0.717) is 6.42 Å². The van der Waals surface area contributed by atoms with Gasteiger partial charge in [-0.2, -0.15) is 0 Å². The van der Waals surface area contributed by atoms with Gasteiger partial charge in [0.25, 0.3) is 0 Å². The molecule has 1 saturated heterocycles. The number of nitrogens with one attached hydrogen (secondary N) is 1. The lowest BCUT2D eigenvalue weighted by Gasteiger charge is -2.46. The topological polar surface area (TPSA) is 88.5 Å². The zero-order chi connectivity index (χ0) is 25.3. The molecule has 1 amide bonds. The Kier molecular flexibility index (Phi) is 7.08. The van der Waals surface area contributed by atoms with E-state index in [4.69, 9.17) is 4.74 Å². The second-order valence-electron chi connectivity index (χ2n) is 10.1. The lowest BCUT2D eigenvalue weighted by molar-refractivity contribution is -0.157. The van der Waals surface area contributed by atoms with Crippen molar-refractivity contribution in [3.8, 4) is 11.1 Å². The zero-order valence-corrected chi connectivity index (χ0v) is 20.6. The average molecular weight is 481 g/mol. The molecule has 2 heterocycles. The number of hydrogen-bond donors (Lipinski definition) is 2. The molecule has 35 heavy (non-hydrogen) atoms. The van der Waals surface area contributed by atoms with Crippen LogP contribution in [-0.4, -0.2) is 40.7 Å². The van der Waals surface area contributed by atoms with Crippen molar-refractivity contribution in [1.29, 1.82) is 0 Å². The minimum Gasteiger partial charge on any atom is -0.461 e. The van der Waals surface area contributed by atoms with Gasteiger partial charge in [0.05, 0.1) is 11.8 Å². The number of carbonyl (C=O) groups excluding carboxylic acids is 2. The van der Waals surface area contributed by atoms with Crippen LogP contribution in [-0.2, 0) is 14.3 Å². The average Bonchev–Trinajstić information content (AvgIpc) is 3.08. The summed E-state index contributed by atoms with van der Waals surface area (Å²) in [5, 5.41) is 12.4. The molecule has 1 aliphatic heterocycles. The van der Waals surface area contributed by atoms with E-state index in [1.807, 2.05) is 37.3 Å². The number of rotatable bonds is 6. The number of ether oxygens (including phenoxy) is 1. The molecule has 0 spiro atoms. The van der Waals surface area contributed by atoms with Crippen LogP contribution in [0.2, 0.25) is 0 Å². The van der Waals surface area contributed by atoms with Gasteiger partial charge in [0.15, 0.2) is 5.41 Å². The first kappa shape index (κ1) is 25.0. The van der Waals surface area contributed by atoms with E-state index < -0.39 is 23.6 Å². The third kappa shape index (κ3) is 4.74. The van der Waals surface area contributed by atoms with E-state index in [1.54, 1.807) is 19.2 Å². The summed E-state index contributed by atoms with van der Waals surface area (Å²) >= 11 is 0. The smallest absolute Gasteiger partial charge is 0.322 e. The van der Waals surface area contributed by atoms with Crippen LogP contribution in [0.25, 0.3) is 17.2 Å². The molecule has 6 nitrogen and oxygen atoms in total. The number of pyridine rings is 1. The summed E-state index contributed by atoms with van der Waals surface area (Å²) in [4.78, 5) is 30.9. The number of fused-ring (bicyclic) bond motifs is 1. The van der Waals surface area contributed by atoms with Crippen molar-refractivity contribution in [2.75, 3.05) is 6.54 Å². The molecule has 0 radical (unpaired) electrons. The number of aliphatic hydroxyl groups excluding tert-OH is 1.